The molecule has 172 valence electrons. The van der Waals surface area contributed by atoms with Gasteiger partial charge in [0.1, 0.15) is 6.61 Å². The molecule has 2 aromatic heterocycles. The number of H-pyrrole nitrogens is 4. The van der Waals surface area contributed by atoms with Gasteiger partial charge in [-0.25, -0.2) is 0 Å². The van der Waals surface area contributed by atoms with Crippen LogP contribution in [0.5, 0.6) is 11.5 Å². The SMILES string of the molecule is COc1cc(C(c2c(C)[nH][nH]c2=O)c2c(C)[nH][nH]c2=O)ccc1OCc1ccc(Cl)c(Cl)c1. The number of aryl methyl sites for hydroxylation is 2. The van der Waals surface area contributed by atoms with E-state index in [4.69, 9.17) is 32.7 Å². The van der Waals surface area contributed by atoms with E-state index in [0.29, 0.717) is 49.6 Å². The van der Waals surface area contributed by atoms with Crippen LogP contribution in [0.4, 0.5) is 0 Å². The Morgan fingerprint density at radius 2 is 1.45 bits per heavy atom. The molecule has 0 aliphatic rings. The van der Waals surface area contributed by atoms with E-state index in [1.807, 2.05) is 12.1 Å². The molecule has 0 spiro atoms. The second-order valence-corrected chi connectivity index (χ2v) is 8.43. The highest BCUT2D eigenvalue weighted by Crippen LogP contribution is 2.37. The molecule has 0 saturated heterocycles. The maximum atomic E-state index is 12.6. The number of ether oxygens (including phenoxy) is 2. The van der Waals surface area contributed by atoms with Gasteiger partial charge in [0, 0.05) is 17.3 Å². The van der Waals surface area contributed by atoms with Gasteiger partial charge in [-0.2, -0.15) is 0 Å². The molecule has 10 heteroatoms. The number of hydrogen-bond donors (Lipinski definition) is 4. The third kappa shape index (κ3) is 4.44. The molecule has 0 bridgehead atoms. The van der Waals surface area contributed by atoms with Gasteiger partial charge >= 0.3 is 0 Å². The van der Waals surface area contributed by atoms with E-state index in [9.17, 15) is 9.59 Å². The smallest absolute Gasteiger partial charge is 0.268 e. The molecule has 8 nitrogen and oxygen atoms in total. The third-order valence-electron chi connectivity index (χ3n) is 5.50. The lowest BCUT2D eigenvalue weighted by Gasteiger charge is -2.18. The molecule has 0 saturated carbocycles. The van der Waals surface area contributed by atoms with Gasteiger partial charge in [-0.1, -0.05) is 35.3 Å². The summed E-state index contributed by atoms with van der Waals surface area (Å²) in [4.78, 5) is 25.2. The van der Waals surface area contributed by atoms with Crippen molar-refractivity contribution in [2.24, 2.45) is 0 Å². The Morgan fingerprint density at radius 1 is 0.818 bits per heavy atom. The van der Waals surface area contributed by atoms with Crippen LogP contribution in [0.15, 0.2) is 46.0 Å². The normalized spacial score (nSPS) is 11.2. The lowest BCUT2D eigenvalue weighted by atomic mass is 9.85. The molecule has 4 rings (SSSR count). The minimum atomic E-state index is -0.618. The zero-order valence-electron chi connectivity index (χ0n) is 18.1. The maximum Gasteiger partial charge on any atom is 0.268 e. The first-order chi connectivity index (χ1) is 15.8. The Labute approximate surface area is 198 Å². The number of rotatable bonds is 7. The van der Waals surface area contributed by atoms with Crippen LogP contribution in [0.2, 0.25) is 10.0 Å². The average Bonchev–Trinajstić information content (AvgIpc) is 3.31. The van der Waals surface area contributed by atoms with E-state index in [-0.39, 0.29) is 17.7 Å². The summed E-state index contributed by atoms with van der Waals surface area (Å²) in [6, 6.07) is 10.6. The molecule has 2 heterocycles. The minimum Gasteiger partial charge on any atom is -0.493 e. The highest BCUT2D eigenvalue weighted by Gasteiger charge is 2.28. The average molecular weight is 489 g/mol. The van der Waals surface area contributed by atoms with Crippen LogP contribution in [0.1, 0.15) is 39.6 Å². The molecular formula is C23H22Cl2N4O4. The van der Waals surface area contributed by atoms with Gasteiger partial charge < -0.3 is 19.7 Å². The molecule has 0 atom stereocenters. The molecule has 0 amide bonds. The van der Waals surface area contributed by atoms with E-state index < -0.39 is 5.92 Å². The summed E-state index contributed by atoms with van der Waals surface area (Å²) in [5.74, 6) is 0.352. The van der Waals surface area contributed by atoms with Crippen LogP contribution in [0.3, 0.4) is 0 Å². The van der Waals surface area contributed by atoms with Crippen molar-refractivity contribution in [1.82, 2.24) is 20.4 Å². The lowest BCUT2D eigenvalue weighted by molar-refractivity contribution is 0.284. The lowest BCUT2D eigenvalue weighted by Crippen LogP contribution is -2.20. The van der Waals surface area contributed by atoms with Crippen molar-refractivity contribution in [3.63, 3.8) is 0 Å². The molecular weight excluding hydrogens is 467 g/mol. The fourth-order valence-electron chi connectivity index (χ4n) is 3.86. The summed E-state index contributed by atoms with van der Waals surface area (Å²) in [6.07, 6.45) is 0. The van der Waals surface area contributed by atoms with Crippen molar-refractivity contribution in [2.75, 3.05) is 7.11 Å². The topological polar surface area (TPSA) is 116 Å². The molecule has 0 aliphatic carbocycles. The van der Waals surface area contributed by atoms with E-state index >= 15 is 0 Å². The van der Waals surface area contributed by atoms with Crippen molar-refractivity contribution in [2.45, 2.75) is 26.4 Å². The molecule has 0 fully saturated rings. The number of methoxy groups -OCH3 is 1. The maximum absolute atomic E-state index is 12.6. The molecule has 4 aromatic rings. The Hall–Kier alpha value is -3.36. The molecule has 0 unspecified atom stereocenters. The van der Waals surface area contributed by atoms with Gasteiger partial charge in [0.05, 0.1) is 28.3 Å². The molecule has 33 heavy (non-hydrogen) atoms. The predicted molar refractivity (Wildman–Crippen MR) is 127 cm³/mol. The number of benzene rings is 2. The van der Waals surface area contributed by atoms with Crippen LogP contribution in [0, 0.1) is 13.8 Å². The first-order valence-electron chi connectivity index (χ1n) is 10.1. The molecule has 0 aliphatic heterocycles. The third-order valence-corrected chi connectivity index (χ3v) is 6.24. The van der Waals surface area contributed by atoms with Gasteiger partial charge in [-0.15, -0.1) is 0 Å². The second kappa shape index (κ2) is 9.25. The van der Waals surface area contributed by atoms with Gasteiger partial charge in [-0.05, 0) is 49.2 Å². The number of halogens is 2. The van der Waals surface area contributed by atoms with E-state index in [1.165, 1.54) is 7.11 Å². The Morgan fingerprint density at radius 3 is 1.97 bits per heavy atom. The summed E-state index contributed by atoms with van der Waals surface area (Å²) in [5, 5.41) is 11.8. The number of aromatic amines is 4. The summed E-state index contributed by atoms with van der Waals surface area (Å²) in [7, 11) is 1.53. The molecule has 4 N–H and O–H groups in total. The van der Waals surface area contributed by atoms with Crippen molar-refractivity contribution in [1.29, 1.82) is 0 Å². The largest absolute Gasteiger partial charge is 0.493 e. The van der Waals surface area contributed by atoms with Crippen molar-refractivity contribution in [3.05, 3.63) is 101 Å². The van der Waals surface area contributed by atoms with Gasteiger partial charge in [0.15, 0.2) is 11.5 Å². The number of hydrogen-bond acceptors (Lipinski definition) is 4. The van der Waals surface area contributed by atoms with Crippen LogP contribution >= 0.6 is 23.2 Å². The monoisotopic (exact) mass is 488 g/mol. The fraction of sp³-hybridized carbons (Fsp3) is 0.217. The van der Waals surface area contributed by atoms with Gasteiger partial charge in [-0.3, -0.25) is 19.8 Å². The Kier molecular flexibility index (Phi) is 6.40. The van der Waals surface area contributed by atoms with Gasteiger partial charge in [0.25, 0.3) is 11.1 Å². The first-order valence-corrected chi connectivity index (χ1v) is 10.8. The summed E-state index contributed by atoms with van der Waals surface area (Å²) in [6.45, 7) is 3.81. The van der Waals surface area contributed by atoms with E-state index in [1.54, 1.807) is 38.1 Å². The second-order valence-electron chi connectivity index (χ2n) is 7.62. The van der Waals surface area contributed by atoms with Crippen molar-refractivity contribution >= 4 is 23.2 Å². The van der Waals surface area contributed by atoms with Crippen molar-refractivity contribution < 1.29 is 9.47 Å². The Balaban J connectivity index is 1.74. The van der Waals surface area contributed by atoms with E-state index in [2.05, 4.69) is 20.4 Å². The van der Waals surface area contributed by atoms with Crippen LogP contribution in [-0.2, 0) is 6.61 Å². The minimum absolute atomic E-state index is 0.253. The predicted octanol–water partition coefficient (Wildman–Crippen LogP) is 4.41. The van der Waals surface area contributed by atoms with Crippen molar-refractivity contribution in [3.8, 4) is 11.5 Å². The zero-order chi connectivity index (χ0) is 23.7. The standard InChI is InChI=1S/C23H22Cl2N4O4/c1-11-19(22(30)28-26-11)21(20-12(2)27-29-23(20)31)14-5-7-17(18(9-14)32-3)33-10-13-4-6-15(24)16(25)8-13/h4-9,21H,10H2,1-3H3,(H2,26,28,30)(H2,27,29,31). The molecule has 0 radical (unpaired) electrons. The van der Waals surface area contributed by atoms with E-state index in [0.717, 1.165) is 5.56 Å². The van der Waals surface area contributed by atoms with Gasteiger partial charge in [0.2, 0.25) is 0 Å². The quantitative estimate of drug-likeness (QED) is 0.308. The fourth-order valence-corrected chi connectivity index (χ4v) is 4.18. The zero-order valence-corrected chi connectivity index (χ0v) is 19.6. The highest BCUT2D eigenvalue weighted by atomic mass is 35.5. The summed E-state index contributed by atoms with van der Waals surface area (Å²) >= 11 is 12.1. The van der Waals surface area contributed by atoms with Crippen LogP contribution in [-0.4, -0.2) is 27.5 Å². The van der Waals surface area contributed by atoms with Crippen LogP contribution < -0.4 is 20.6 Å². The number of nitrogens with one attached hydrogen (secondary N) is 4. The first kappa shape index (κ1) is 22.8. The highest BCUT2D eigenvalue weighted by molar-refractivity contribution is 6.42. The molecule has 2 aromatic carbocycles. The Bertz CT molecular complexity index is 1360. The van der Waals surface area contributed by atoms with Crippen LogP contribution in [0.25, 0.3) is 0 Å². The summed E-state index contributed by atoms with van der Waals surface area (Å²) in [5.41, 5.74) is 3.15. The summed E-state index contributed by atoms with van der Waals surface area (Å²) < 4.78 is 11.5. The number of aromatic nitrogens is 4.